The minimum Gasteiger partial charge on any atom is -0.493 e. The Balaban J connectivity index is 1.87. The second kappa shape index (κ2) is 8.22. The molecule has 1 atom stereocenters. The fraction of sp³-hybridized carbons (Fsp3) is 0.316. The summed E-state index contributed by atoms with van der Waals surface area (Å²) < 4.78 is 10.9. The number of carbonyl (C=O) groups is 1. The minimum absolute atomic E-state index is 0.0370. The summed E-state index contributed by atoms with van der Waals surface area (Å²) in [7, 11) is 3.42. The molecule has 0 aromatic heterocycles. The van der Waals surface area contributed by atoms with E-state index in [0.29, 0.717) is 24.5 Å². The third-order valence-corrected chi connectivity index (χ3v) is 3.90. The van der Waals surface area contributed by atoms with Gasteiger partial charge in [0.15, 0.2) is 11.5 Å². The number of amides is 1. The molecule has 0 spiro atoms. The van der Waals surface area contributed by atoms with E-state index in [-0.39, 0.29) is 11.9 Å². The van der Waals surface area contributed by atoms with Crippen molar-refractivity contribution in [2.45, 2.75) is 19.4 Å². The quantitative estimate of drug-likeness (QED) is 0.782. The first-order valence-corrected chi connectivity index (χ1v) is 7.70. The second-order valence-corrected chi connectivity index (χ2v) is 5.34. The van der Waals surface area contributed by atoms with Gasteiger partial charge in [-0.3, -0.25) is 4.79 Å². The van der Waals surface area contributed by atoms with Crippen LogP contribution in [0.1, 0.15) is 24.9 Å². The zero-order chi connectivity index (χ0) is 16.7. The maximum Gasteiger partial charge on any atom is 0.226 e. The number of hydrogen-bond donors (Lipinski definition) is 0. The zero-order valence-corrected chi connectivity index (χ0v) is 13.9. The van der Waals surface area contributed by atoms with Crippen LogP contribution in [0.15, 0.2) is 54.6 Å². The first-order valence-electron chi connectivity index (χ1n) is 7.70. The Morgan fingerprint density at radius 3 is 2.30 bits per heavy atom. The Hall–Kier alpha value is -2.49. The number of rotatable bonds is 7. The van der Waals surface area contributed by atoms with E-state index in [1.54, 1.807) is 12.0 Å². The molecule has 2 aromatic carbocycles. The van der Waals surface area contributed by atoms with Gasteiger partial charge in [0, 0.05) is 7.05 Å². The lowest BCUT2D eigenvalue weighted by atomic mass is 10.1. The van der Waals surface area contributed by atoms with Gasteiger partial charge in [-0.15, -0.1) is 0 Å². The van der Waals surface area contributed by atoms with Gasteiger partial charge in [-0.2, -0.15) is 0 Å². The summed E-state index contributed by atoms with van der Waals surface area (Å²) in [5.41, 5.74) is 1.12. The molecule has 0 bridgehead atoms. The highest BCUT2D eigenvalue weighted by Crippen LogP contribution is 2.26. The highest BCUT2D eigenvalue weighted by molar-refractivity contribution is 5.76. The molecular weight excluding hydrogens is 290 g/mol. The topological polar surface area (TPSA) is 38.8 Å². The van der Waals surface area contributed by atoms with Crippen LogP contribution in [0, 0.1) is 0 Å². The summed E-state index contributed by atoms with van der Waals surface area (Å²) in [5.74, 6) is 1.38. The summed E-state index contributed by atoms with van der Waals surface area (Å²) in [5, 5.41) is 0. The molecule has 23 heavy (non-hydrogen) atoms. The van der Waals surface area contributed by atoms with Gasteiger partial charge in [0.25, 0.3) is 0 Å². The lowest BCUT2D eigenvalue weighted by Gasteiger charge is -2.25. The van der Waals surface area contributed by atoms with Gasteiger partial charge >= 0.3 is 0 Å². The molecule has 0 aliphatic rings. The number of carbonyl (C=O) groups excluding carboxylic acids is 1. The Kier molecular flexibility index (Phi) is 6.03. The Labute approximate surface area is 137 Å². The van der Waals surface area contributed by atoms with Crippen LogP contribution < -0.4 is 9.47 Å². The van der Waals surface area contributed by atoms with Crippen molar-refractivity contribution in [3.63, 3.8) is 0 Å². The average Bonchev–Trinajstić information content (AvgIpc) is 2.61. The fourth-order valence-corrected chi connectivity index (χ4v) is 2.33. The first-order chi connectivity index (χ1) is 11.1. The number of hydrogen-bond acceptors (Lipinski definition) is 3. The molecule has 2 aromatic rings. The van der Waals surface area contributed by atoms with E-state index in [2.05, 4.69) is 0 Å². The summed E-state index contributed by atoms with van der Waals surface area (Å²) in [4.78, 5) is 14.1. The number of benzene rings is 2. The Morgan fingerprint density at radius 1 is 1.04 bits per heavy atom. The van der Waals surface area contributed by atoms with Crippen molar-refractivity contribution >= 4 is 5.91 Å². The van der Waals surface area contributed by atoms with Crippen molar-refractivity contribution in [1.29, 1.82) is 0 Å². The van der Waals surface area contributed by atoms with Gasteiger partial charge in [0.05, 0.1) is 26.2 Å². The van der Waals surface area contributed by atoms with E-state index in [1.807, 2.05) is 68.6 Å². The fourth-order valence-electron chi connectivity index (χ4n) is 2.33. The predicted molar refractivity (Wildman–Crippen MR) is 90.7 cm³/mol. The summed E-state index contributed by atoms with van der Waals surface area (Å²) in [6.45, 7) is 2.35. The SMILES string of the molecule is COc1ccccc1OCCC(=O)N(C)C(C)c1ccccc1. The summed E-state index contributed by atoms with van der Waals surface area (Å²) >= 11 is 0. The maximum absolute atomic E-state index is 12.3. The number of nitrogens with zero attached hydrogens (tertiary/aromatic N) is 1. The van der Waals surface area contributed by atoms with E-state index < -0.39 is 0 Å². The van der Waals surface area contributed by atoms with Crippen LogP contribution in [0.3, 0.4) is 0 Å². The van der Waals surface area contributed by atoms with Gasteiger partial charge in [-0.1, -0.05) is 42.5 Å². The summed E-state index contributed by atoms with van der Waals surface area (Å²) in [6, 6.07) is 17.5. The Bertz CT molecular complexity index is 628. The van der Waals surface area contributed by atoms with Gasteiger partial charge in [0.2, 0.25) is 5.91 Å². The summed E-state index contributed by atoms with van der Waals surface area (Å²) in [6.07, 6.45) is 0.325. The van der Waals surface area contributed by atoms with E-state index in [4.69, 9.17) is 9.47 Å². The van der Waals surface area contributed by atoms with Gasteiger partial charge in [-0.25, -0.2) is 0 Å². The van der Waals surface area contributed by atoms with Crippen LogP contribution in [0.4, 0.5) is 0 Å². The Morgan fingerprint density at radius 2 is 1.65 bits per heavy atom. The van der Waals surface area contributed by atoms with Crippen molar-refractivity contribution < 1.29 is 14.3 Å². The maximum atomic E-state index is 12.3. The first kappa shape index (κ1) is 16.9. The number of methoxy groups -OCH3 is 1. The molecule has 1 unspecified atom stereocenters. The largest absolute Gasteiger partial charge is 0.493 e. The van der Waals surface area contributed by atoms with Crippen LogP contribution in [0.5, 0.6) is 11.5 Å². The third kappa shape index (κ3) is 4.49. The third-order valence-electron chi connectivity index (χ3n) is 3.90. The molecule has 122 valence electrons. The van der Waals surface area contributed by atoms with Crippen molar-refractivity contribution in [1.82, 2.24) is 4.90 Å². The molecule has 0 saturated heterocycles. The highest BCUT2D eigenvalue weighted by atomic mass is 16.5. The van der Waals surface area contributed by atoms with Crippen LogP contribution in [-0.4, -0.2) is 31.6 Å². The van der Waals surface area contributed by atoms with Crippen molar-refractivity contribution in [3.05, 3.63) is 60.2 Å². The van der Waals surface area contributed by atoms with Crippen molar-refractivity contribution in [3.8, 4) is 11.5 Å². The average molecular weight is 313 g/mol. The molecule has 2 rings (SSSR count). The van der Waals surface area contributed by atoms with E-state index in [0.717, 1.165) is 5.56 Å². The second-order valence-electron chi connectivity index (χ2n) is 5.34. The van der Waals surface area contributed by atoms with Gasteiger partial charge < -0.3 is 14.4 Å². The lowest BCUT2D eigenvalue weighted by molar-refractivity contribution is -0.132. The number of para-hydroxylation sites is 2. The monoisotopic (exact) mass is 313 g/mol. The molecule has 0 fully saturated rings. The predicted octanol–water partition coefficient (Wildman–Crippen LogP) is 3.68. The van der Waals surface area contributed by atoms with E-state index in [1.165, 1.54) is 0 Å². The molecule has 0 saturated carbocycles. The van der Waals surface area contributed by atoms with Crippen molar-refractivity contribution in [2.24, 2.45) is 0 Å². The molecule has 0 N–H and O–H groups in total. The van der Waals surface area contributed by atoms with Crippen LogP contribution in [0.25, 0.3) is 0 Å². The normalized spacial score (nSPS) is 11.6. The molecule has 4 heteroatoms. The van der Waals surface area contributed by atoms with Crippen LogP contribution in [-0.2, 0) is 4.79 Å². The van der Waals surface area contributed by atoms with Gasteiger partial charge in [-0.05, 0) is 24.6 Å². The smallest absolute Gasteiger partial charge is 0.226 e. The standard InChI is InChI=1S/C19H23NO3/c1-15(16-9-5-4-6-10-16)20(2)19(21)13-14-23-18-12-8-7-11-17(18)22-3/h4-12,15H,13-14H2,1-3H3. The molecule has 0 radical (unpaired) electrons. The zero-order valence-electron chi connectivity index (χ0n) is 13.9. The van der Waals surface area contributed by atoms with E-state index in [9.17, 15) is 4.79 Å². The van der Waals surface area contributed by atoms with Crippen molar-refractivity contribution in [2.75, 3.05) is 20.8 Å². The van der Waals surface area contributed by atoms with E-state index >= 15 is 0 Å². The number of ether oxygens (including phenoxy) is 2. The molecule has 4 nitrogen and oxygen atoms in total. The molecule has 0 aliphatic heterocycles. The van der Waals surface area contributed by atoms with Crippen LogP contribution >= 0.6 is 0 Å². The van der Waals surface area contributed by atoms with Crippen LogP contribution in [0.2, 0.25) is 0 Å². The molecule has 0 aliphatic carbocycles. The molecule has 0 heterocycles. The molecular formula is C19H23NO3. The minimum atomic E-state index is 0.0370. The molecule has 1 amide bonds. The highest BCUT2D eigenvalue weighted by Gasteiger charge is 2.17. The van der Waals surface area contributed by atoms with Gasteiger partial charge in [0.1, 0.15) is 0 Å². The lowest BCUT2D eigenvalue weighted by Crippen LogP contribution is -2.30.